The number of carbonyl (C=O) groups is 1. The first-order chi connectivity index (χ1) is 12.2. The van der Waals surface area contributed by atoms with Crippen molar-refractivity contribution in [2.75, 3.05) is 11.4 Å². The van der Waals surface area contributed by atoms with Crippen LogP contribution >= 0.6 is 0 Å². The third-order valence-corrected chi connectivity index (χ3v) is 4.07. The second-order valence-electron chi connectivity index (χ2n) is 5.66. The first kappa shape index (κ1) is 16.7. The molecule has 25 heavy (non-hydrogen) atoms. The van der Waals surface area contributed by atoms with Gasteiger partial charge in [-0.05, 0) is 37.1 Å². The van der Waals surface area contributed by atoms with Crippen LogP contribution in [0, 0.1) is 0 Å². The molecule has 126 valence electrons. The van der Waals surface area contributed by atoms with E-state index in [0.717, 1.165) is 16.6 Å². The fourth-order valence-electron chi connectivity index (χ4n) is 2.87. The van der Waals surface area contributed by atoms with Crippen LogP contribution in [-0.2, 0) is 6.42 Å². The number of nitrogens with zero attached hydrogens (tertiary/aromatic N) is 1. The average Bonchev–Trinajstić information content (AvgIpc) is 2.63. The average molecular weight is 333 g/mol. The number of benzene rings is 2. The molecular formula is C21H19NO3. The van der Waals surface area contributed by atoms with Gasteiger partial charge in [-0.25, -0.2) is 4.79 Å². The quantitative estimate of drug-likeness (QED) is 0.520. The highest BCUT2D eigenvalue weighted by molar-refractivity contribution is 6.07. The molecule has 0 spiro atoms. The number of amides is 1. The molecule has 3 rings (SSSR count). The van der Waals surface area contributed by atoms with Crippen molar-refractivity contribution >= 4 is 22.6 Å². The van der Waals surface area contributed by atoms with E-state index in [0.29, 0.717) is 18.5 Å². The summed E-state index contributed by atoms with van der Waals surface area (Å²) in [5.41, 5.74) is 1.54. The first-order valence-corrected chi connectivity index (χ1v) is 8.19. The second-order valence-corrected chi connectivity index (χ2v) is 5.66. The number of carbonyl (C=O) groups excluding carboxylic acids is 1. The van der Waals surface area contributed by atoms with Crippen molar-refractivity contribution in [1.29, 1.82) is 0 Å². The van der Waals surface area contributed by atoms with Gasteiger partial charge in [0.15, 0.2) is 0 Å². The summed E-state index contributed by atoms with van der Waals surface area (Å²) in [4.78, 5) is 26.9. The van der Waals surface area contributed by atoms with E-state index < -0.39 is 5.63 Å². The topological polar surface area (TPSA) is 50.5 Å². The summed E-state index contributed by atoms with van der Waals surface area (Å²) in [6.45, 7) is 6.04. The Morgan fingerprint density at radius 3 is 2.60 bits per heavy atom. The van der Waals surface area contributed by atoms with Gasteiger partial charge in [0.25, 0.3) is 5.91 Å². The lowest BCUT2D eigenvalue weighted by atomic mass is 10.1. The van der Waals surface area contributed by atoms with Gasteiger partial charge in [0.05, 0.1) is 0 Å². The molecule has 1 heterocycles. The number of rotatable bonds is 5. The summed E-state index contributed by atoms with van der Waals surface area (Å²) in [5, 5.41) is 0.728. The van der Waals surface area contributed by atoms with Gasteiger partial charge in [-0.2, -0.15) is 0 Å². The van der Waals surface area contributed by atoms with E-state index in [2.05, 4.69) is 6.58 Å². The zero-order chi connectivity index (χ0) is 17.8. The Hall–Kier alpha value is -3.14. The number of fused-ring (bicyclic) bond motifs is 1. The Morgan fingerprint density at radius 1 is 1.16 bits per heavy atom. The number of para-hydroxylation sites is 2. The summed E-state index contributed by atoms with van der Waals surface area (Å²) >= 11 is 0. The van der Waals surface area contributed by atoms with Crippen LogP contribution in [0.5, 0.6) is 0 Å². The van der Waals surface area contributed by atoms with Gasteiger partial charge < -0.3 is 9.32 Å². The first-order valence-electron chi connectivity index (χ1n) is 8.19. The maximum Gasteiger partial charge on any atom is 0.349 e. The minimum atomic E-state index is -0.622. The van der Waals surface area contributed by atoms with Gasteiger partial charge in [-0.3, -0.25) is 4.79 Å². The number of hydrogen-bond acceptors (Lipinski definition) is 3. The van der Waals surface area contributed by atoms with E-state index in [1.807, 2.05) is 55.5 Å². The fourth-order valence-corrected chi connectivity index (χ4v) is 2.87. The lowest BCUT2D eigenvalue weighted by molar-refractivity contribution is 0.0985. The largest absolute Gasteiger partial charge is 0.422 e. The van der Waals surface area contributed by atoms with Crippen LogP contribution in [0.15, 0.2) is 76.5 Å². The van der Waals surface area contributed by atoms with Crippen molar-refractivity contribution in [2.45, 2.75) is 13.3 Å². The summed E-state index contributed by atoms with van der Waals surface area (Å²) in [6, 6.07) is 16.5. The standard InChI is InChI=1S/C21H19NO3/c1-3-9-15-10-8-11-16-14-18(21(24)25-19(15)16)20(23)22(4-2)17-12-6-5-7-13-17/h3,5-8,10-14H,1,4,9H2,2H3. The summed E-state index contributed by atoms with van der Waals surface area (Å²) in [7, 11) is 0. The molecule has 1 amide bonds. The lowest BCUT2D eigenvalue weighted by Crippen LogP contribution is -2.33. The normalized spacial score (nSPS) is 10.6. The molecule has 0 aliphatic rings. The molecule has 0 saturated carbocycles. The SMILES string of the molecule is C=CCc1cccc2cc(C(=O)N(CC)c3ccccc3)c(=O)oc12. The summed E-state index contributed by atoms with van der Waals surface area (Å²) in [5.74, 6) is -0.363. The monoisotopic (exact) mass is 333 g/mol. The summed E-state index contributed by atoms with van der Waals surface area (Å²) < 4.78 is 5.48. The van der Waals surface area contributed by atoms with Gasteiger partial charge in [0.2, 0.25) is 0 Å². The van der Waals surface area contributed by atoms with Gasteiger partial charge in [0, 0.05) is 17.6 Å². The Morgan fingerprint density at radius 2 is 1.92 bits per heavy atom. The van der Waals surface area contributed by atoms with Crippen LogP contribution in [-0.4, -0.2) is 12.5 Å². The molecule has 0 unspecified atom stereocenters. The molecule has 0 aliphatic heterocycles. The highest BCUT2D eigenvalue weighted by Crippen LogP contribution is 2.21. The van der Waals surface area contributed by atoms with Crippen molar-refractivity contribution in [3.63, 3.8) is 0 Å². The van der Waals surface area contributed by atoms with E-state index in [1.54, 1.807) is 17.0 Å². The number of anilines is 1. The van der Waals surface area contributed by atoms with Crippen molar-refractivity contribution in [3.8, 4) is 0 Å². The molecule has 0 saturated heterocycles. The fraction of sp³-hybridized carbons (Fsp3) is 0.143. The Kier molecular flexibility index (Phi) is 4.80. The second kappa shape index (κ2) is 7.18. The van der Waals surface area contributed by atoms with Crippen LogP contribution in [0.1, 0.15) is 22.8 Å². The molecule has 1 aromatic heterocycles. The Bertz CT molecular complexity index is 973. The van der Waals surface area contributed by atoms with Crippen LogP contribution in [0.2, 0.25) is 0 Å². The molecule has 0 aliphatic carbocycles. The maximum absolute atomic E-state index is 12.9. The Labute approximate surface area is 146 Å². The predicted octanol–water partition coefficient (Wildman–Crippen LogP) is 4.19. The van der Waals surface area contributed by atoms with Gasteiger partial charge in [-0.15, -0.1) is 6.58 Å². The third-order valence-electron chi connectivity index (χ3n) is 4.07. The van der Waals surface area contributed by atoms with Gasteiger partial charge >= 0.3 is 5.63 Å². The molecular weight excluding hydrogens is 314 g/mol. The molecule has 4 nitrogen and oxygen atoms in total. The molecule has 0 fully saturated rings. The van der Waals surface area contributed by atoms with Crippen molar-refractivity contribution in [3.05, 3.63) is 88.8 Å². The molecule has 4 heteroatoms. The predicted molar refractivity (Wildman–Crippen MR) is 100 cm³/mol. The maximum atomic E-state index is 12.9. The van der Waals surface area contributed by atoms with Crippen LogP contribution < -0.4 is 10.5 Å². The number of allylic oxidation sites excluding steroid dienone is 1. The minimum Gasteiger partial charge on any atom is -0.422 e. The molecule has 0 atom stereocenters. The Balaban J connectivity index is 2.09. The zero-order valence-corrected chi connectivity index (χ0v) is 14.1. The molecule has 0 radical (unpaired) electrons. The van der Waals surface area contributed by atoms with Crippen LogP contribution in [0.4, 0.5) is 5.69 Å². The third kappa shape index (κ3) is 3.24. The van der Waals surface area contributed by atoms with Gasteiger partial charge in [-0.1, -0.05) is 42.5 Å². The van der Waals surface area contributed by atoms with E-state index in [4.69, 9.17) is 4.42 Å². The molecule has 0 bridgehead atoms. The lowest BCUT2D eigenvalue weighted by Gasteiger charge is -2.20. The summed E-state index contributed by atoms with van der Waals surface area (Å²) in [6.07, 6.45) is 2.35. The van der Waals surface area contributed by atoms with E-state index >= 15 is 0 Å². The van der Waals surface area contributed by atoms with E-state index in [-0.39, 0.29) is 11.5 Å². The zero-order valence-electron chi connectivity index (χ0n) is 14.1. The van der Waals surface area contributed by atoms with E-state index in [9.17, 15) is 9.59 Å². The van der Waals surface area contributed by atoms with Crippen LogP contribution in [0.25, 0.3) is 11.0 Å². The van der Waals surface area contributed by atoms with Crippen molar-refractivity contribution < 1.29 is 9.21 Å². The molecule has 3 aromatic rings. The van der Waals surface area contributed by atoms with Crippen LogP contribution in [0.3, 0.4) is 0 Å². The van der Waals surface area contributed by atoms with Crippen molar-refractivity contribution in [2.24, 2.45) is 0 Å². The van der Waals surface area contributed by atoms with Crippen molar-refractivity contribution in [1.82, 2.24) is 0 Å². The number of hydrogen-bond donors (Lipinski definition) is 0. The highest BCUT2D eigenvalue weighted by Gasteiger charge is 2.21. The highest BCUT2D eigenvalue weighted by atomic mass is 16.4. The molecule has 0 N–H and O–H groups in total. The molecule has 2 aromatic carbocycles. The van der Waals surface area contributed by atoms with E-state index in [1.165, 1.54) is 0 Å². The minimum absolute atomic E-state index is 0.0361. The smallest absolute Gasteiger partial charge is 0.349 e. The van der Waals surface area contributed by atoms with Gasteiger partial charge in [0.1, 0.15) is 11.1 Å².